The van der Waals surface area contributed by atoms with E-state index < -0.39 is 13.4 Å². The second-order valence-corrected chi connectivity index (χ2v) is 9.50. The minimum atomic E-state index is -4.13. The van der Waals surface area contributed by atoms with Gasteiger partial charge in [-0.1, -0.05) is 39.0 Å². The highest BCUT2D eigenvalue weighted by Gasteiger charge is 2.43. The zero-order valence-corrected chi connectivity index (χ0v) is 18.7. The van der Waals surface area contributed by atoms with Crippen LogP contribution in [-0.4, -0.2) is 49.3 Å². The molecule has 0 bridgehead atoms. The molecule has 0 aromatic carbocycles. The second-order valence-electron chi connectivity index (χ2n) is 8.05. The van der Waals surface area contributed by atoms with Crippen molar-refractivity contribution in [3.63, 3.8) is 0 Å². The van der Waals surface area contributed by atoms with Gasteiger partial charge in [-0.3, -0.25) is 18.8 Å². The van der Waals surface area contributed by atoms with Crippen molar-refractivity contribution in [2.75, 3.05) is 25.6 Å². The summed E-state index contributed by atoms with van der Waals surface area (Å²) in [7, 11) is -4.13. The number of anilines is 1. The third-order valence-corrected chi connectivity index (χ3v) is 6.85. The Hall–Kier alpha value is -1.78. The van der Waals surface area contributed by atoms with E-state index >= 15 is 0 Å². The number of imidazole rings is 1. The van der Waals surface area contributed by atoms with Gasteiger partial charge >= 0.3 is 7.82 Å². The number of phosphoric acid groups is 1. The van der Waals surface area contributed by atoms with Crippen LogP contribution in [0.15, 0.2) is 11.1 Å². The van der Waals surface area contributed by atoms with Gasteiger partial charge in [-0.2, -0.15) is 4.98 Å². The Bertz CT molecular complexity index is 963. The van der Waals surface area contributed by atoms with Gasteiger partial charge in [0.05, 0.1) is 19.5 Å². The molecule has 1 aliphatic carbocycles. The van der Waals surface area contributed by atoms with E-state index in [0.717, 1.165) is 19.3 Å². The van der Waals surface area contributed by atoms with Crippen LogP contribution in [0, 0.1) is 11.8 Å². The predicted octanol–water partition coefficient (Wildman–Crippen LogP) is 2.37. The van der Waals surface area contributed by atoms with Gasteiger partial charge in [-0.25, -0.2) is 9.55 Å². The third kappa shape index (κ3) is 5.93. The lowest BCUT2D eigenvalue weighted by Crippen LogP contribution is -2.42. The molecule has 1 unspecified atom stereocenters. The molecular formula is C19H32N5O6P. The molecule has 5 N–H and O–H groups in total. The quantitative estimate of drug-likeness (QED) is 0.261. The number of nitrogens with zero attached hydrogens (tertiary/aromatic N) is 3. The number of fused-ring (bicyclic) bond motifs is 1. The van der Waals surface area contributed by atoms with Crippen molar-refractivity contribution in [2.24, 2.45) is 11.8 Å². The van der Waals surface area contributed by atoms with E-state index in [9.17, 15) is 19.4 Å². The Kier molecular flexibility index (Phi) is 8.23. The van der Waals surface area contributed by atoms with Crippen molar-refractivity contribution in [3.8, 4) is 0 Å². The molecule has 12 heteroatoms. The average Bonchev–Trinajstić information content (AvgIpc) is 3.10. The highest BCUT2D eigenvalue weighted by atomic mass is 31.2. The van der Waals surface area contributed by atoms with Gasteiger partial charge in [-0.15, -0.1) is 0 Å². The summed E-state index contributed by atoms with van der Waals surface area (Å²) in [6, 6.07) is -0.167. The molecule has 2 aromatic rings. The van der Waals surface area contributed by atoms with Crippen molar-refractivity contribution in [1.82, 2.24) is 19.5 Å². The molecule has 3 rings (SSSR count). The van der Waals surface area contributed by atoms with Crippen molar-refractivity contribution in [1.29, 1.82) is 0 Å². The number of aliphatic hydroxyl groups excluding tert-OH is 1. The van der Waals surface area contributed by atoms with Gasteiger partial charge in [0, 0.05) is 18.6 Å². The molecule has 0 spiro atoms. The topological polar surface area (TPSA) is 166 Å². The summed E-state index contributed by atoms with van der Waals surface area (Å²) < 4.78 is 24.1. The number of nitrogens with one attached hydrogen (secondary N) is 1. The molecule has 1 saturated carbocycles. The van der Waals surface area contributed by atoms with Crippen molar-refractivity contribution >= 4 is 24.9 Å². The molecule has 0 radical (unpaired) electrons. The Morgan fingerprint density at radius 1 is 1.29 bits per heavy atom. The van der Waals surface area contributed by atoms with E-state index in [1.165, 1.54) is 19.2 Å². The Balaban J connectivity index is 1.49. The van der Waals surface area contributed by atoms with Gasteiger partial charge in [0.15, 0.2) is 11.2 Å². The van der Waals surface area contributed by atoms with Gasteiger partial charge in [0.1, 0.15) is 0 Å². The molecule has 31 heavy (non-hydrogen) atoms. The number of rotatable bonds is 13. The number of H-pyrrole nitrogens is 1. The fraction of sp³-hybridized carbons (Fsp3) is 0.737. The Morgan fingerprint density at radius 2 is 2.03 bits per heavy atom. The maximum atomic E-state index is 12.1. The van der Waals surface area contributed by atoms with Crippen LogP contribution in [0.3, 0.4) is 0 Å². The molecule has 1 fully saturated rings. The van der Waals surface area contributed by atoms with Crippen molar-refractivity contribution in [2.45, 2.75) is 57.9 Å². The van der Waals surface area contributed by atoms with Crippen molar-refractivity contribution in [3.05, 3.63) is 16.7 Å². The highest BCUT2D eigenvalue weighted by Crippen LogP contribution is 2.49. The lowest BCUT2D eigenvalue weighted by molar-refractivity contribution is -0.00810. The summed E-state index contributed by atoms with van der Waals surface area (Å²) in [5, 5.41) is 9.83. The van der Waals surface area contributed by atoms with Crippen molar-refractivity contribution < 1.29 is 23.6 Å². The first-order chi connectivity index (χ1) is 14.9. The lowest BCUT2D eigenvalue weighted by atomic mass is 9.70. The molecule has 2 heterocycles. The predicted molar refractivity (Wildman–Crippen MR) is 115 cm³/mol. The van der Waals surface area contributed by atoms with E-state index in [0.29, 0.717) is 18.5 Å². The average molecular weight is 457 g/mol. The summed E-state index contributed by atoms with van der Waals surface area (Å²) in [5.41, 5.74) is 5.73. The molecule has 0 aliphatic heterocycles. The van der Waals surface area contributed by atoms with Crippen LogP contribution in [-0.2, 0) is 13.6 Å². The van der Waals surface area contributed by atoms with E-state index in [2.05, 4.69) is 21.9 Å². The molecule has 1 aliphatic rings. The highest BCUT2D eigenvalue weighted by molar-refractivity contribution is 7.47. The summed E-state index contributed by atoms with van der Waals surface area (Å²) >= 11 is 0. The number of phosphoric ester groups is 1. The van der Waals surface area contributed by atoms with Crippen LogP contribution >= 0.6 is 7.82 Å². The first-order valence-corrected chi connectivity index (χ1v) is 12.3. The number of aliphatic hydroxyl groups is 1. The molecule has 11 nitrogen and oxygen atoms in total. The molecule has 4 atom stereocenters. The van der Waals surface area contributed by atoms with E-state index in [1.807, 2.05) is 0 Å². The zero-order valence-electron chi connectivity index (χ0n) is 17.8. The molecular weight excluding hydrogens is 425 g/mol. The van der Waals surface area contributed by atoms with Crippen LogP contribution in [0.5, 0.6) is 0 Å². The maximum absolute atomic E-state index is 12.1. The molecule has 0 saturated heterocycles. The van der Waals surface area contributed by atoms with Crippen LogP contribution < -0.4 is 11.3 Å². The minimum Gasteiger partial charge on any atom is -0.396 e. The second kappa shape index (κ2) is 10.7. The van der Waals surface area contributed by atoms with Crippen LogP contribution in [0.1, 0.15) is 57.9 Å². The van der Waals surface area contributed by atoms with E-state index in [1.54, 1.807) is 4.57 Å². The summed E-state index contributed by atoms with van der Waals surface area (Å²) in [6.45, 7) is 2.18. The smallest absolute Gasteiger partial charge is 0.396 e. The number of aromatic nitrogens is 4. The maximum Gasteiger partial charge on any atom is 0.472 e. The Morgan fingerprint density at radius 3 is 2.77 bits per heavy atom. The monoisotopic (exact) mass is 457 g/mol. The standard InChI is InChI=1S/C19H32N5O6P/c1-2-3-4-5-6-7-8-29-31(27,28)30-11-13-9-15(14(13)10-25)24-12-21-16-17(24)22-19(20)23-18(16)26/h12-15,25H,2-11H2,1H3,(H,27,28)(H3,20,22,23,26)/t13-,14+,15-/m1/s1. The number of nitrogen functional groups attached to an aromatic ring is 1. The SMILES string of the molecule is CCCCCCCCOP(=O)(O)OC[C@H]1C[C@@H](n2cnc3c(=O)[nH]c(N)nc32)[C@H]1CO. The summed E-state index contributed by atoms with van der Waals surface area (Å²) in [6.07, 6.45) is 8.36. The first-order valence-electron chi connectivity index (χ1n) is 10.8. The van der Waals surface area contributed by atoms with Gasteiger partial charge in [0.25, 0.3) is 5.56 Å². The fourth-order valence-electron chi connectivity index (χ4n) is 4.04. The minimum absolute atomic E-state index is 0.00517. The number of unbranched alkanes of at least 4 members (excludes halogenated alkanes) is 5. The van der Waals surface area contributed by atoms with Gasteiger partial charge in [-0.05, 0) is 18.8 Å². The molecule has 0 amide bonds. The summed E-state index contributed by atoms with van der Waals surface area (Å²) in [4.78, 5) is 32.5. The summed E-state index contributed by atoms with van der Waals surface area (Å²) in [5.74, 6) is -0.383. The zero-order chi connectivity index (χ0) is 22.4. The van der Waals surface area contributed by atoms with Gasteiger partial charge in [0.2, 0.25) is 5.95 Å². The Labute approximate surface area is 180 Å². The number of hydrogen-bond acceptors (Lipinski definition) is 8. The third-order valence-electron chi connectivity index (χ3n) is 5.87. The largest absolute Gasteiger partial charge is 0.472 e. The van der Waals surface area contributed by atoms with Crippen LogP contribution in [0.25, 0.3) is 11.2 Å². The van der Waals surface area contributed by atoms with E-state index in [4.69, 9.17) is 14.8 Å². The number of hydrogen-bond donors (Lipinski definition) is 4. The lowest BCUT2D eigenvalue weighted by Gasteiger charge is -2.44. The first kappa shape index (κ1) is 23.9. The van der Waals surface area contributed by atoms with Gasteiger partial charge < -0.3 is 20.3 Å². The molecule has 2 aromatic heterocycles. The van der Waals surface area contributed by atoms with E-state index in [-0.39, 0.29) is 49.2 Å². The fourth-order valence-corrected chi connectivity index (χ4v) is 4.85. The number of nitrogens with two attached hydrogens (primary N) is 1. The normalized spacial score (nSPS) is 23.0. The van der Waals surface area contributed by atoms with Crippen LogP contribution in [0.4, 0.5) is 5.95 Å². The van der Waals surface area contributed by atoms with Crippen LogP contribution in [0.2, 0.25) is 0 Å². The number of aromatic amines is 1. The molecule has 174 valence electrons.